The Bertz CT molecular complexity index is 1120. The number of hydrogen-bond acceptors (Lipinski definition) is 3. The number of rotatable bonds is 5. The Morgan fingerprint density at radius 2 is 1.67 bits per heavy atom. The lowest BCUT2D eigenvalue weighted by atomic mass is 9.98. The van der Waals surface area contributed by atoms with Crippen LogP contribution in [-0.4, -0.2) is 24.5 Å². The summed E-state index contributed by atoms with van der Waals surface area (Å²) in [5.74, 6) is -0.191. The molecule has 1 unspecified atom stereocenters. The van der Waals surface area contributed by atoms with Crippen molar-refractivity contribution in [2.75, 3.05) is 16.8 Å². The van der Waals surface area contributed by atoms with E-state index in [4.69, 9.17) is 0 Å². The Hall–Kier alpha value is -3.44. The van der Waals surface area contributed by atoms with E-state index in [-0.39, 0.29) is 18.0 Å². The summed E-state index contributed by atoms with van der Waals surface area (Å²) >= 11 is 0. The Balaban J connectivity index is 1.58. The minimum Gasteiger partial charge on any atom is -0.322 e. The molecule has 1 aliphatic heterocycles. The largest absolute Gasteiger partial charge is 0.322 e. The van der Waals surface area contributed by atoms with E-state index in [0.29, 0.717) is 16.8 Å². The zero-order chi connectivity index (χ0) is 23.2. The molecule has 1 heterocycles. The lowest BCUT2D eigenvalue weighted by molar-refractivity contribution is 0.0968. The van der Waals surface area contributed by atoms with Crippen LogP contribution in [0.2, 0.25) is 0 Å². The summed E-state index contributed by atoms with van der Waals surface area (Å²) in [6.45, 7) is 4.78. The van der Waals surface area contributed by atoms with E-state index in [0.717, 1.165) is 43.5 Å². The molecule has 3 aromatic rings. The Morgan fingerprint density at radius 3 is 2.42 bits per heavy atom. The number of carbonyl (C=O) groups excluding carboxylic acids is 2. The number of hydrogen-bond donors (Lipinski definition) is 2. The van der Waals surface area contributed by atoms with Crippen LogP contribution in [0, 0.1) is 6.92 Å². The summed E-state index contributed by atoms with van der Waals surface area (Å²) in [6, 6.07) is 22.9. The average molecular weight is 442 g/mol. The molecule has 0 spiro atoms. The molecule has 1 atom stereocenters. The molecule has 2 N–H and O–H groups in total. The molecule has 4 rings (SSSR count). The van der Waals surface area contributed by atoms with Gasteiger partial charge >= 0.3 is 0 Å². The van der Waals surface area contributed by atoms with Crippen molar-refractivity contribution in [1.29, 1.82) is 0 Å². The predicted molar refractivity (Wildman–Crippen MR) is 134 cm³/mol. The first-order valence-corrected chi connectivity index (χ1v) is 11.7. The number of anilines is 2. The maximum Gasteiger partial charge on any atom is 0.259 e. The second kappa shape index (κ2) is 10.5. The van der Waals surface area contributed by atoms with Gasteiger partial charge in [0.2, 0.25) is 0 Å². The number of aryl methyl sites for hydroxylation is 2. The summed E-state index contributed by atoms with van der Waals surface area (Å²) in [7, 11) is 0. The van der Waals surface area contributed by atoms with Crippen LogP contribution < -0.4 is 15.5 Å². The van der Waals surface area contributed by atoms with Gasteiger partial charge in [-0.25, -0.2) is 0 Å². The minimum atomic E-state index is -0.155. The number of fused-ring (bicyclic) bond motifs is 1. The summed E-state index contributed by atoms with van der Waals surface area (Å²) in [4.78, 5) is 28.3. The van der Waals surface area contributed by atoms with Crippen LogP contribution in [0.4, 0.5) is 11.4 Å². The van der Waals surface area contributed by atoms with Crippen LogP contribution in [0.5, 0.6) is 0 Å². The fraction of sp³-hybridized carbons (Fsp3) is 0.286. The van der Waals surface area contributed by atoms with Gasteiger partial charge < -0.3 is 5.32 Å². The summed E-state index contributed by atoms with van der Waals surface area (Å²) in [5.41, 5.74) is 5.01. The van der Waals surface area contributed by atoms with Crippen LogP contribution >= 0.6 is 0 Å². The molecule has 0 saturated heterocycles. The highest BCUT2D eigenvalue weighted by molar-refractivity contribution is 6.08. The monoisotopic (exact) mass is 441 g/mol. The van der Waals surface area contributed by atoms with E-state index >= 15 is 0 Å². The molecule has 0 aliphatic carbocycles. The second-order valence-corrected chi connectivity index (χ2v) is 8.47. The Morgan fingerprint density at radius 1 is 0.939 bits per heavy atom. The highest BCUT2D eigenvalue weighted by Gasteiger charge is 2.28. The summed E-state index contributed by atoms with van der Waals surface area (Å²) in [5, 5.41) is 6.43. The smallest absolute Gasteiger partial charge is 0.259 e. The van der Waals surface area contributed by atoms with Gasteiger partial charge in [0.1, 0.15) is 0 Å². The first-order valence-electron chi connectivity index (χ1n) is 11.7. The molecule has 3 aromatic carbocycles. The third-order valence-electron chi connectivity index (χ3n) is 6.17. The lowest BCUT2D eigenvalue weighted by Gasteiger charge is -2.35. The number of nitrogens with one attached hydrogen (secondary N) is 2. The molecule has 0 aromatic heterocycles. The van der Waals surface area contributed by atoms with E-state index in [1.807, 2.05) is 54.3 Å². The van der Waals surface area contributed by atoms with E-state index in [2.05, 4.69) is 23.6 Å². The molecular weight excluding hydrogens is 410 g/mol. The van der Waals surface area contributed by atoms with Gasteiger partial charge in [-0.15, -0.1) is 0 Å². The van der Waals surface area contributed by atoms with Gasteiger partial charge in [-0.3, -0.25) is 19.8 Å². The van der Waals surface area contributed by atoms with Gasteiger partial charge in [-0.1, -0.05) is 43.3 Å². The summed E-state index contributed by atoms with van der Waals surface area (Å²) < 4.78 is 0. The molecular formula is C28H31N3O2. The quantitative estimate of drug-likeness (QED) is 0.545. The maximum atomic E-state index is 13.7. The molecule has 0 fully saturated rings. The van der Waals surface area contributed by atoms with Crippen molar-refractivity contribution in [1.82, 2.24) is 5.32 Å². The van der Waals surface area contributed by atoms with Crippen molar-refractivity contribution in [3.63, 3.8) is 0 Å². The molecule has 0 radical (unpaired) electrons. The average Bonchev–Trinajstić information content (AvgIpc) is 2.82. The van der Waals surface area contributed by atoms with Gasteiger partial charge in [0, 0.05) is 22.5 Å². The molecule has 5 heteroatoms. The molecule has 1 aliphatic rings. The minimum absolute atomic E-state index is 0.0351. The first kappa shape index (κ1) is 22.7. The van der Waals surface area contributed by atoms with Crippen LogP contribution in [0.3, 0.4) is 0 Å². The topological polar surface area (TPSA) is 61.4 Å². The van der Waals surface area contributed by atoms with Crippen LogP contribution in [0.15, 0.2) is 72.8 Å². The predicted octanol–water partition coefficient (Wildman–Crippen LogP) is 5.56. The third-order valence-corrected chi connectivity index (χ3v) is 6.17. The van der Waals surface area contributed by atoms with Crippen molar-refractivity contribution >= 4 is 23.2 Å². The van der Waals surface area contributed by atoms with Gasteiger partial charge in [0.15, 0.2) is 0 Å². The Kier molecular flexibility index (Phi) is 7.20. The fourth-order valence-electron chi connectivity index (χ4n) is 4.45. The normalized spacial score (nSPS) is 15.8. The van der Waals surface area contributed by atoms with Gasteiger partial charge in [-0.05, 0) is 86.7 Å². The van der Waals surface area contributed by atoms with Crippen molar-refractivity contribution < 1.29 is 9.59 Å². The highest BCUT2D eigenvalue weighted by Crippen LogP contribution is 2.30. The third kappa shape index (κ3) is 5.15. The van der Waals surface area contributed by atoms with Crippen molar-refractivity contribution in [3.8, 4) is 0 Å². The van der Waals surface area contributed by atoms with Gasteiger partial charge in [0.05, 0.1) is 6.17 Å². The zero-order valence-electron chi connectivity index (χ0n) is 19.3. The van der Waals surface area contributed by atoms with Crippen LogP contribution in [0.1, 0.15) is 58.0 Å². The van der Waals surface area contributed by atoms with E-state index in [1.54, 1.807) is 24.3 Å². The van der Waals surface area contributed by atoms with Crippen molar-refractivity contribution in [3.05, 3.63) is 95.1 Å². The molecule has 0 bridgehead atoms. The molecule has 2 amide bonds. The molecule has 5 nitrogen and oxygen atoms in total. The van der Waals surface area contributed by atoms with Crippen molar-refractivity contribution in [2.45, 2.75) is 45.7 Å². The van der Waals surface area contributed by atoms with Gasteiger partial charge in [-0.2, -0.15) is 0 Å². The maximum absolute atomic E-state index is 13.7. The second-order valence-electron chi connectivity index (χ2n) is 8.47. The van der Waals surface area contributed by atoms with Crippen LogP contribution in [-0.2, 0) is 6.42 Å². The molecule has 170 valence electrons. The first-order chi connectivity index (χ1) is 16.1. The standard InChI is InChI=1S/C28H31N3O2/c1-3-29-26-15-9-6-12-21-11-5-8-14-25(21)31(26)28(33)22-16-18-23(19-17-22)30-27(32)24-13-7-4-10-20(24)2/h4-5,7-8,10-11,13-14,16-19,26,29H,3,6,9,12,15H2,1-2H3,(H,30,32). The van der Waals surface area contributed by atoms with E-state index < -0.39 is 0 Å². The Labute approximate surface area is 195 Å². The summed E-state index contributed by atoms with van der Waals surface area (Å²) in [6.07, 6.45) is 4.03. The SMILES string of the molecule is CCNC1CCCCc2ccccc2N1C(=O)c1ccc(NC(=O)c2ccccc2C)cc1. The van der Waals surface area contributed by atoms with E-state index in [9.17, 15) is 9.59 Å². The molecule has 0 saturated carbocycles. The molecule has 33 heavy (non-hydrogen) atoms. The number of amides is 2. The van der Waals surface area contributed by atoms with E-state index in [1.165, 1.54) is 5.56 Å². The van der Waals surface area contributed by atoms with Crippen LogP contribution in [0.25, 0.3) is 0 Å². The number of carbonyl (C=O) groups is 2. The van der Waals surface area contributed by atoms with Gasteiger partial charge in [0.25, 0.3) is 11.8 Å². The number of para-hydroxylation sites is 1. The fourth-order valence-corrected chi connectivity index (χ4v) is 4.45. The zero-order valence-corrected chi connectivity index (χ0v) is 19.3. The number of nitrogens with zero attached hydrogens (tertiary/aromatic N) is 1. The lowest BCUT2D eigenvalue weighted by Crippen LogP contribution is -2.50. The van der Waals surface area contributed by atoms with Crippen molar-refractivity contribution in [2.24, 2.45) is 0 Å². The highest BCUT2D eigenvalue weighted by atomic mass is 16.2. The number of benzene rings is 3.